The van der Waals surface area contributed by atoms with Gasteiger partial charge in [-0.3, -0.25) is 4.79 Å². The second kappa shape index (κ2) is 3.23. The molecule has 0 atom stereocenters. The zero-order valence-corrected chi connectivity index (χ0v) is 8.79. The van der Waals surface area contributed by atoms with Crippen molar-refractivity contribution < 1.29 is 4.79 Å². The van der Waals surface area contributed by atoms with Crippen LogP contribution in [0.1, 0.15) is 15.9 Å². The van der Waals surface area contributed by atoms with Gasteiger partial charge in [0.2, 0.25) is 5.91 Å². The monoisotopic (exact) mass is 212 g/mol. The number of anilines is 1. The molecule has 80 valence electrons. The number of hydrogen-bond acceptors (Lipinski definition) is 2. The summed E-state index contributed by atoms with van der Waals surface area (Å²) in [5, 5.41) is 5.64. The Bertz CT molecular complexity index is 590. The molecule has 3 N–H and O–H groups in total. The fourth-order valence-electron chi connectivity index (χ4n) is 2.30. The molecule has 2 aromatic rings. The minimum atomic E-state index is -0.375. The van der Waals surface area contributed by atoms with E-state index in [-0.39, 0.29) is 5.91 Å². The van der Waals surface area contributed by atoms with Gasteiger partial charge in [-0.1, -0.05) is 12.1 Å². The molecule has 0 radical (unpaired) electrons. The Morgan fingerprint density at radius 3 is 2.94 bits per heavy atom. The van der Waals surface area contributed by atoms with E-state index in [0.29, 0.717) is 5.56 Å². The third kappa shape index (κ3) is 1.25. The van der Waals surface area contributed by atoms with Crippen molar-refractivity contribution in [2.75, 3.05) is 11.9 Å². The van der Waals surface area contributed by atoms with E-state index in [0.717, 1.165) is 18.4 Å². The summed E-state index contributed by atoms with van der Waals surface area (Å²) < 4.78 is 0. The first-order valence-corrected chi connectivity index (χ1v) is 5.35. The molecule has 16 heavy (non-hydrogen) atoms. The normalized spacial score (nSPS) is 13.5. The summed E-state index contributed by atoms with van der Waals surface area (Å²) in [4.78, 5) is 11.1. The van der Waals surface area contributed by atoms with Crippen LogP contribution in [0.15, 0.2) is 30.3 Å². The highest BCUT2D eigenvalue weighted by Crippen LogP contribution is 2.30. The molecule has 1 amide bonds. The smallest absolute Gasteiger partial charge is 0.248 e. The van der Waals surface area contributed by atoms with Crippen LogP contribution in [0, 0.1) is 0 Å². The number of fused-ring (bicyclic) bond motifs is 3. The molecule has 3 heteroatoms. The van der Waals surface area contributed by atoms with Gasteiger partial charge in [0, 0.05) is 17.8 Å². The second-order valence-electron chi connectivity index (χ2n) is 4.07. The van der Waals surface area contributed by atoms with Crippen molar-refractivity contribution in [2.45, 2.75) is 6.42 Å². The van der Waals surface area contributed by atoms with E-state index in [2.05, 4.69) is 11.4 Å². The molecule has 1 aliphatic heterocycles. The highest BCUT2D eigenvalue weighted by atomic mass is 16.1. The maximum atomic E-state index is 11.1. The molecule has 0 aromatic heterocycles. The lowest BCUT2D eigenvalue weighted by Crippen LogP contribution is -2.10. The van der Waals surface area contributed by atoms with E-state index in [1.54, 1.807) is 6.07 Å². The van der Waals surface area contributed by atoms with Crippen molar-refractivity contribution >= 4 is 22.4 Å². The predicted molar refractivity (Wildman–Crippen MR) is 64.7 cm³/mol. The molecular formula is C13H12N2O. The van der Waals surface area contributed by atoms with E-state index in [1.807, 2.05) is 18.2 Å². The number of amides is 1. The van der Waals surface area contributed by atoms with Gasteiger partial charge >= 0.3 is 0 Å². The first-order chi connectivity index (χ1) is 7.75. The average molecular weight is 212 g/mol. The van der Waals surface area contributed by atoms with Crippen LogP contribution < -0.4 is 11.1 Å². The molecule has 0 bridgehead atoms. The molecule has 0 spiro atoms. The standard InChI is InChI=1S/C13H12N2O/c14-13(16)9-1-3-10-8(7-9)2-4-12-11(10)5-6-15-12/h1-4,7,15H,5-6H2,(H2,14,16). The number of primary amides is 1. The SMILES string of the molecule is NC(=O)c1ccc2c3c(ccc2c1)NCC3. The minimum absolute atomic E-state index is 0.375. The van der Waals surface area contributed by atoms with E-state index in [9.17, 15) is 4.79 Å². The van der Waals surface area contributed by atoms with Crippen molar-refractivity contribution in [3.63, 3.8) is 0 Å². The zero-order chi connectivity index (χ0) is 11.1. The van der Waals surface area contributed by atoms with Gasteiger partial charge in [-0.15, -0.1) is 0 Å². The number of nitrogens with one attached hydrogen (secondary N) is 1. The third-order valence-electron chi connectivity index (χ3n) is 3.11. The van der Waals surface area contributed by atoms with Crippen LogP contribution >= 0.6 is 0 Å². The summed E-state index contributed by atoms with van der Waals surface area (Å²) in [5.41, 5.74) is 8.38. The Balaban J connectivity index is 2.28. The predicted octanol–water partition coefficient (Wildman–Crippen LogP) is 1.91. The maximum Gasteiger partial charge on any atom is 0.248 e. The van der Waals surface area contributed by atoms with Crippen LogP contribution in [0.4, 0.5) is 5.69 Å². The van der Waals surface area contributed by atoms with Gasteiger partial charge < -0.3 is 11.1 Å². The average Bonchev–Trinajstić information content (AvgIpc) is 2.76. The molecule has 1 aliphatic rings. The Morgan fingerprint density at radius 2 is 2.12 bits per heavy atom. The topological polar surface area (TPSA) is 55.1 Å². The quantitative estimate of drug-likeness (QED) is 0.758. The van der Waals surface area contributed by atoms with Crippen molar-refractivity contribution in [2.24, 2.45) is 5.73 Å². The van der Waals surface area contributed by atoms with Gasteiger partial charge in [-0.05, 0) is 41.0 Å². The summed E-state index contributed by atoms with van der Waals surface area (Å²) in [6, 6.07) is 9.73. The van der Waals surface area contributed by atoms with Gasteiger partial charge in [0.25, 0.3) is 0 Å². The number of carbonyl (C=O) groups is 1. The Morgan fingerprint density at radius 1 is 1.25 bits per heavy atom. The summed E-state index contributed by atoms with van der Waals surface area (Å²) in [7, 11) is 0. The van der Waals surface area contributed by atoms with Crippen LogP contribution in [-0.2, 0) is 6.42 Å². The van der Waals surface area contributed by atoms with Crippen LogP contribution in [-0.4, -0.2) is 12.5 Å². The number of hydrogen-bond donors (Lipinski definition) is 2. The molecule has 1 heterocycles. The number of benzene rings is 2. The van der Waals surface area contributed by atoms with Crippen molar-refractivity contribution in [1.29, 1.82) is 0 Å². The summed E-state index contributed by atoms with van der Waals surface area (Å²) in [5.74, 6) is -0.375. The van der Waals surface area contributed by atoms with Gasteiger partial charge in [-0.25, -0.2) is 0 Å². The van der Waals surface area contributed by atoms with Crippen LogP contribution in [0.5, 0.6) is 0 Å². The van der Waals surface area contributed by atoms with E-state index in [1.165, 1.54) is 16.6 Å². The largest absolute Gasteiger partial charge is 0.384 e. The lowest BCUT2D eigenvalue weighted by Gasteiger charge is -2.06. The number of rotatable bonds is 1. The lowest BCUT2D eigenvalue weighted by atomic mass is 10.0. The Kier molecular flexibility index (Phi) is 1.86. The van der Waals surface area contributed by atoms with Crippen LogP contribution in [0.25, 0.3) is 10.8 Å². The Labute approximate surface area is 93.3 Å². The Hall–Kier alpha value is -2.03. The van der Waals surface area contributed by atoms with Gasteiger partial charge in [0.1, 0.15) is 0 Å². The first kappa shape index (κ1) is 9.21. The third-order valence-corrected chi connectivity index (χ3v) is 3.11. The van der Waals surface area contributed by atoms with E-state index >= 15 is 0 Å². The van der Waals surface area contributed by atoms with E-state index in [4.69, 9.17) is 5.73 Å². The van der Waals surface area contributed by atoms with E-state index < -0.39 is 0 Å². The second-order valence-corrected chi connectivity index (χ2v) is 4.07. The molecule has 0 saturated heterocycles. The number of carbonyl (C=O) groups excluding carboxylic acids is 1. The fraction of sp³-hybridized carbons (Fsp3) is 0.154. The van der Waals surface area contributed by atoms with Gasteiger partial charge in [0.15, 0.2) is 0 Å². The fourth-order valence-corrected chi connectivity index (χ4v) is 2.30. The van der Waals surface area contributed by atoms with Crippen molar-refractivity contribution in [3.8, 4) is 0 Å². The summed E-state index contributed by atoms with van der Waals surface area (Å²) >= 11 is 0. The molecule has 3 nitrogen and oxygen atoms in total. The number of nitrogens with two attached hydrogens (primary N) is 1. The molecule has 0 fully saturated rings. The van der Waals surface area contributed by atoms with Crippen LogP contribution in [0.2, 0.25) is 0 Å². The molecular weight excluding hydrogens is 200 g/mol. The van der Waals surface area contributed by atoms with Crippen molar-refractivity contribution in [1.82, 2.24) is 0 Å². The van der Waals surface area contributed by atoms with Crippen LogP contribution in [0.3, 0.4) is 0 Å². The highest BCUT2D eigenvalue weighted by Gasteiger charge is 2.13. The lowest BCUT2D eigenvalue weighted by molar-refractivity contribution is 0.100. The van der Waals surface area contributed by atoms with Gasteiger partial charge in [0.05, 0.1) is 0 Å². The summed E-state index contributed by atoms with van der Waals surface area (Å²) in [6.07, 6.45) is 1.04. The molecule has 0 aliphatic carbocycles. The zero-order valence-electron chi connectivity index (χ0n) is 8.79. The first-order valence-electron chi connectivity index (χ1n) is 5.35. The summed E-state index contributed by atoms with van der Waals surface area (Å²) in [6.45, 7) is 0.992. The highest BCUT2D eigenvalue weighted by molar-refractivity contribution is 5.99. The van der Waals surface area contributed by atoms with Gasteiger partial charge in [-0.2, -0.15) is 0 Å². The molecule has 3 rings (SSSR count). The molecule has 2 aromatic carbocycles. The molecule has 0 saturated carbocycles. The minimum Gasteiger partial charge on any atom is -0.384 e. The maximum absolute atomic E-state index is 11.1. The van der Waals surface area contributed by atoms with Crippen molar-refractivity contribution in [3.05, 3.63) is 41.5 Å². The molecule has 0 unspecified atom stereocenters.